The minimum absolute atomic E-state index is 0.142. The first-order valence-corrected chi connectivity index (χ1v) is 10.2. The van der Waals surface area contributed by atoms with Gasteiger partial charge < -0.3 is 20.3 Å². The molecule has 172 valence electrons. The number of carboxylic acids is 1. The lowest BCUT2D eigenvalue weighted by Gasteiger charge is -2.37. The fourth-order valence-electron chi connectivity index (χ4n) is 3.07. The molecular weight excluding hydrogens is 412 g/mol. The fourth-order valence-corrected chi connectivity index (χ4v) is 3.07. The second-order valence-corrected chi connectivity index (χ2v) is 8.48. The number of carbonyl (C=O) groups is 3. The molecule has 0 unspecified atom stereocenters. The summed E-state index contributed by atoms with van der Waals surface area (Å²) in [5.74, 6) is -2.78. The van der Waals surface area contributed by atoms with Crippen molar-refractivity contribution < 1.29 is 29.0 Å². The molecule has 2 rings (SSSR count). The van der Waals surface area contributed by atoms with Gasteiger partial charge in [-0.15, -0.1) is 0 Å². The Hall–Kier alpha value is -3.23. The molecule has 0 fully saturated rings. The van der Waals surface area contributed by atoms with Gasteiger partial charge in [0.2, 0.25) is 5.54 Å². The average molecular weight is 443 g/mol. The molecule has 0 aliphatic heterocycles. The molecule has 0 heterocycles. The smallest absolute Gasteiger partial charge is 0.339 e. The number of ether oxygens (including phenoxy) is 2. The van der Waals surface area contributed by atoms with Crippen LogP contribution in [0.3, 0.4) is 0 Å². The van der Waals surface area contributed by atoms with E-state index in [1.54, 1.807) is 32.9 Å². The molecule has 0 saturated heterocycles. The SMILES string of the molecule is CN(CN)[C@@](Cc1ccc(C(=O)OCc2ccccc2)cc1)(C(=O)O)C(=O)OC(C)(C)C. The third-order valence-electron chi connectivity index (χ3n) is 4.88. The summed E-state index contributed by atoms with van der Waals surface area (Å²) in [4.78, 5) is 38.8. The molecule has 0 aliphatic rings. The summed E-state index contributed by atoms with van der Waals surface area (Å²) in [5, 5.41) is 10.0. The molecule has 0 saturated carbocycles. The highest BCUT2D eigenvalue weighted by molar-refractivity contribution is 6.04. The van der Waals surface area contributed by atoms with E-state index >= 15 is 0 Å². The Morgan fingerprint density at radius 1 is 0.969 bits per heavy atom. The van der Waals surface area contributed by atoms with Gasteiger partial charge in [0.1, 0.15) is 12.2 Å². The largest absolute Gasteiger partial charge is 0.479 e. The van der Waals surface area contributed by atoms with E-state index in [0.717, 1.165) is 5.56 Å². The van der Waals surface area contributed by atoms with Crippen LogP contribution in [0.5, 0.6) is 0 Å². The van der Waals surface area contributed by atoms with Gasteiger partial charge in [-0.3, -0.25) is 4.90 Å². The van der Waals surface area contributed by atoms with Gasteiger partial charge in [0.05, 0.1) is 5.56 Å². The van der Waals surface area contributed by atoms with Crippen LogP contribution >= 0.6 is 0 Å². The Kier molecular flexibility index (Phi) is 8.13. The van der Waals surface area contributed by atoms with E-state index in [1.165, 1.54) is 24.1 Å². The van der Waals surface area contributed by atoms with E-state index in [4.69, 9.17) is 15.2 Å². The molecule has 0 radical (unpaired) electrons. The zero-order valence-electron chi connectivity index (χ0n) is 18.8. The third kappa shape index (κ3) is 6.15. The molecule has 2 aromatic rings. The summed E-state index contributed by atoms with van der Waals surface area (Å²) in [5.41, 5.74) is 4.51. The maximum Gasteiger partial charge on any atom is 0.339 e. The Bertz CT molecular complexity index is 937. The van der Waals surface area contributed by atoms with Gasteiger partial charge in [-0.25, -0.2) is 14.4 Å². The van der Waals surface area contributed by atoms with Crippen LogP contribution in [-0.2, 0) is 32.1 Å². The highest BCUT2D eigenvalue weighted by Crippen LogP contribution is 2.25. The molecule has 2 aromatic carbocycles. The van der Waals surface area contributed by atoms with Crippen molar-refractivity contribution in [2.24, 2.45) is 5.73 Å². The van der Waals surface area contributed by atoms with Crippen LogP contribution in [0.2, 0.25) is 0 Å². The van der Waals surface area contributed by atoms with Crippen molar-refractivity contribution in [2.75, 3.05) is 13.7 Å². The number of esters is 2. The van der Waals surface area contributed by atoms with E-state index < -0.39 is 29.0 Å². The highest BCUT2D eigenvalue weighted by atomic mass is 16.6. The molecule has 0 aliphatic carbocycles. The minimum atomic E-state index is -2.02. The molecule has 0 aromatic heterocycles. The van der Waals surface area contributed by atoms with Crippen molar-refractivity contribution in [1.82, 2.24) is 4.90 Å². The van der Waals surface area contributed by atoms with Crippen molar-refractivity contribution in [3.8, 4) is 0 Å². The molecule has 8 nitrogen and oxygen atoms in total. The Morgan fingerprint density at radius 2 is 1.56 bits per heavy atom. The monoisotopic (exact) mass is 442 g/mol. The first-order chi connectivity index (χ1) is 15.0. The Morgan fingerprint density at radius 3 is 2.06 bits per heavy atom. The first-order valence-electron chi connectivity index (χ1n) is 10.2. The maximum absolute atomic E-state index is 12.9. The summed E-state index contributed by atoms with van der Waals surface area (Å²) >= 11 is 0. The number of carbonyl (C=O) groups excluding carboxylic acids is 2. The van der Waals surface area contributed by atoms with Crippen molar-refractivity contribution in [1.29, 1.82) is 0 Å². The number of nitrogens with two attached hydrogens (primary N) is 1. The van der Waals surface area contributed by atoms with Crippen molar-refractivity contribution >= 4 is 17.9 Å². The van der Waals surface area contributed by atoms with Gasteiger partial charge in [0, 0.05) is 13.1 Å². The molecular formula is C24H30N2O6. The predicted octanol–water partition coefficient (Wildman–Crippen LogP) is 2.60. The standard InChI is InChI=1S/C24H30N2O6/c1-23(2,3)32-22(30)24(21(28)29,26(4)16-25)14-17-10-12-19(13-11-17)20(27)31-15-18-8-6-5-7-9-18/h5-13H,14-16,25H2,1-4H3,(H,28,29)/t24-/m0/s1. The number of aliphatic carboxylic acids is 1. The second-order valence-electron chi connectivity index (χ2n) is 8.48. The predicted molar refractivity (Wildman–Crippen MR) is 119 cm³/mol. The van der Waals surface area contributed by atoms with Crippen LogP contribution in [0, 0.1) is 0 Å². The molecule has 0 spiro atoms. The molecule has 8 heteroatoms. The van der Waals surface area contributed by atoms with Gasteiger partial charge in [-0.1, -0.05) is 42.5 Å². The van der Waals surface area contributed by atoms with E-state index in [2.05, 4.69) is 0 Å². The van der Waals surface area contributed by atoms with E-state index in [9.17, 15) is 19.5 Å². The number of likely N-dealkylation sites (N-methyl/N-ethyl adjacent to an activating group) is 1. The average Bonchev–Trinajstić information content (AvgIpc) is 2.74. The van der Waals surface area contributed by atoms with Gasteiger partial charge in [0.15, 0.2) is 0 Å². The zero-order valence-corrected chi connectivity index (χ0v) is 18.8. The molecule has 32 heavy (non-hydrogen) atoms. The van der Waals surface area contributed by atoms with Crippen molar-refractivity contribution in [2.45, 2.75) is 44.9 Å². The lowest BCUT2D eigenvalue weighted by Crippen LogP contribution is -2.63. The van der Waals surface area contributed by atoms with Gasteiger partial charge in [0.25, 0.3) is 0 Å². The van der Waals surface area contributed by atoms with E-state index in [-0.39, 0.29) is 19.7 Å². The van der Waals surface area contributed by atoms with Crippen molar-refractivity contribution in [3.63, 3.8) is 0 Å². The van der Waals surface area contributed by atoms with Gasteiger partial charge in [-0.05, 0) is 51.1 Å². The summed E-state index contributed by atoms with van der Waals surface area (Å²) in [6, 6.07) is 15.5. The normalized spacial score (nSPS) is 13.3. The Labute approximate surface area is 187 Å². The summed E-state index contributed by atoms with van der Waals surface area (Å²) in [7, 11) is 1.45. The summed E-state index contributed by atoms with van der Waals surface area (Å²) < 4.78 is 10.7. The number of carboxylic acid groups (broad SMARTS) is 1. The quantitative estimate of drug-likeness (QED) is 0.346. The van der Waals surface area contributed by atoms with Crippen LogP contribution in [0.15, 0.2) is 54.6 Å². The molecule has 1 atom stereocenters. The highest BCUT2D eigenvalue weighted by Gasteiger charge is 2.52. The first kappa shape index (κ1) is 25.0. The fraction of sp³-hybridized carbons (Fsp3) is 0.375. The van der Waals surface area contributed by atoms with Crippen LogP contribution in [0.25, 0.3) is 0 Å². The van der Waals surface area contributed by atoms with Crippen molar-refractivity contribution in [3.05, 3.63) is 71.3 Å². The van der Waals surface area contributed by atoms with Crippen LogP contribution in [0.1, 0.15) is 42.3 Å². The van der Waals surface area contributed by atoms with Crippen LogP contribution < -0.4 is 5.73 Å². The topological polar surface area (TPSA) is 119 Å². The number of hydrogen-bond donors (Lipinski definition) is 2. The number of hydrogen-bond acceptors (Lipinski definition) is 7. The van der Waals surface area contributed by atoms with Gasteiger partial charge in [-0.2, -0.15) is 0 Å². The van der Waals surface area contributed by atoms with Gasteiger partial charge >= 0.3 is 17.9 Å². The number of benzene rings is 2. The number of nitrogens with zero attached hydrogens (tertiary/aromatic N) is 1. The minimum Gasteiger partial charge on any atom is -0.479 e. The van der Waals surface area contributed by atoms with E-state index in [0.29, 0.717) is 11.1 Å². The Balaban J connectivity index is 2.21. The molecule has 3 N–H and O–H groups in total. The summed E-state index contributed by atoms with van der Waals surface area (Å²) in [6.07, 6.45) is -0.190. The number of rotatable bonds is 9. The molecule has 0 amide bonds. The van der Waals surface area contributed by atoms with Crippen LogP contribution in [-0.4, -0.2) is 52.8 Å². The lowest BCUT2D eigenvalue weighted by molar-refractivity contribution is -0.178. The summed E-state index contributed by atoms with van der Waals surface area (Å²) in [6.45, 7) is 4.96. The van der Waals surface area contributed by atoms with E-state index in [1.807, 2.05) is 30.3 Å². The lowest BCUT2D eigenvalue weighted by atomic mass is 9.88. The zero-order chi connectivity index (χ0) is 23.9. The third-order valence-corrected chi connectivity index (χ3v) is 4.88. The second kappa shape index (κ2) is 10.4. The van der Waals surface area contributed by atoms with Crippen LogP contribution in [0.4, 0.5) is 0 Å². The molecule has 0 bridgehead atoms. The maximum atomic E-state index is 12.9.